The molecule has 0 aromatic heterocycles. The van der Waals surface area contributed by atoms with Crippen molar-refractivity contribution in [1.29, 1.82) is 0 Å². The number of quaternary nitrogens is 1. The molecule has 7 heteroatoms. The van der Waals surface area contributed by atoms with Crippen LogP contribution in [-0.2, 0) is 0 Å². The van der Waals surface area contributed by atoms with Crippen molar-refractivity contribution in [3.05, 3.63) is 78.4 Å². The Morgan fingerprint density at radius 3 is 2.37 bits per heavy atom. The third-order valence-electron chi connectivity index (χ3n) is 5.36. The number of rotatable bonds is 5. The summed E-state index contributed by atoms with van der Waals surface area (Å²) >= 11 is 0. The highest BCUT2D eigenvalue weighted by Crippen LogP contribution is 2.39. The highest BCUT2D eigenvalue weighted by molar-refractivity contribution is 5.84. The Morgan fingerprint density at radius 2 is 1.70 bits per heavy atom. The zero-order chi connectivity index (χ0) is 20.4. The van der Waals surface area contributed by atoms with Crippen LogP contribution in [0.15, 0.2) is 83.0 Å². The summed E-state index contributed by atoms with van der Waals surface area (Å²) in [6.07, 6.45) is 0. The van der Waals surface area contributed by atoms with Gasteiger partial charge in [0.05, 0.1) is 25.5 Å². The van der Waals surface area contributed by atoms with Crippen LogP contribution in [0.1, 0.15) is 11.6 Å². The summed E-state index contributed by atoms with van der Waals surface area (Å²) in [7, 11) is 3.60. The average Bonchev–Trinajstić information content (AvgIpc) is 3.10. The Hall–Kier alpha value is -3.06. The molecule has 0 spiro atoms. The molecule has 30 heavy (non-hydrogen) atoms. The number of benzene rings is 3. The van der Waals surface area contributed by atoms with Crippen molar-refractivity contribution in [2.24, 2.45) is 10.2 Å². The summed E-state index contributed by atoms with van der Waals surface area (Å²) in [5, 5.41) is 21.3. The Morgan fingerprint density at radius 1 is 1.00 bits per heavy atom. The second-order valence-electron chi connectivity index (χ2n) is 7.56. The molecule has 6 nitrogen and oxygen atoms in total. The molecule has 0 radical (unpaired) electrons. The van der Waals surface area contributed by atoms with E-state index in [4.69, 9.17) is 0 Å². The van der Waals surface area contributed by atoms with E-state index in [1.807, 2.05) is 72.8 Å². The van der Waals surface area contributed by atoms with E-state index in [1.165, 1.54) is 0 Å². The predicted molar refractivity (Wildman–Crippen MR) is 113 cm³/mol. The van der Waals surface area contributed by atoms with Crippen LogP contribution < -0.4 is 17.7 Å². The van der Waals surface area contributed by atoms with Gasteiger partial charge in [0.1, 0.15) is 12.6 Å². The van der Waals surface area contributed by atoms with Gasteiger partial charge < -0.3 is 17.5 Å². The molecule has 0 saturated heterocycles. The van der Waals surface area contributed by atoms with Gasteiger partial charge in [-0.05, 0) is 35.9 Å². The van der Waals surface area contributed by atoms with Crippen LogP contribution in [0.5, 0.6) is 0 Å². The Bertz CT molecular complexity index is 1070. The molecule has 2 bridgehead atoms. The quantitative estimate of drug-likeness (QED) is 0.485. The summed E-state index contributed by atoms with van der Waals surface area (Å²) in [6, 6.07) is 22.5. The van der Waals surface area contributed by atoms with Gasteiger partial charge in [0.2, 0.25) is 0 Å². The van der Waals surface area contributed by atoms with Gasteiger partial charge in [-0.2, -0.15) is 5.11 Å². The van der Waals surface area contributed by atoms with Crippen LogP contribution in [0, 0.1) is 0 Å². The monoisotopic (exact) mass is 422 g/mol. The van der Waals surface area contributed by atoms with Crippen molar-refractivity contribution in [2.45, 2.75) is 6.04 Å². The van der Waals surface area contributed by atoms with Crippen molar-refractivity contribution >= 4 is 23.1 Å². The zero-order valence-electron chi connectivity index (χ0n) is 16.8. The van der Waals surface area contributed by atoms with Crippen LogP contribution in [0.25, 0.3) is 11.1 Å². The molecule has 154 valence electrons. The Balaban J connectivity index is 0.00000256. The zero-order valence-corrected chi connectivity index (χ0v) is 17.5. The fraction of sp³-hybridized carbons (Fsp3) is 0.174. The average molecular weight is 423 g/mol. The SMILES string of the molecule is C[N+](C)(C(=O)Nc1ccccc1)C(CO)c1ccc(-c2ccc3cc2N=N3)cc1.[Cl-]. The summed E-state index contributed by atoms with van der Waals surface area (Å²) < 4.78 is -0.0289. The number of nitrogens with zero attached hydrogens (tertiary/aromatic N) is 3. The molecule has 1 aliphatic rings. The van der Waals surface area contributed by atoms with Crippen molar-refractivity contribution in [3.8, 4) is 11.1 Å². The van der Waals surface area contributed by atoms with Gasteiger partial charge in [-0.3, -0.25) is 5.32 Å². The first-order valence-corrected chi connectivity index (χ1v) is 9.46. The normalized spacial score (nSPS) is 12.9. The maximum Gasteiger partial charge on any atom is 0.421 e. The molecule has 0 saturated carbocycles. The Kier molecular flexibility index (Phi) is 6.31. The molecule has 2 N–H and O–H groups in total. The van der Waals surface area contributed by atoms with Gasteiger partial charge in [0.25, 0.3) is 0 Å². The molecule has 3 aromatic carbocycles. The van der Waals surface area contributed by atoms with Crippen LogP contribution in [0.2, 0.25) is 0 Å². The molecular weight excluding hydrogens is 400 g/mol. The number of hydrogen-bond acceptors (Lipinski definition) is 4. The van der Waals surface area contributed by atoms with E-state index in [0.717, 1.165) is 33.8 Å². The van der Waals surface area contributed by atoms with Crippen LogP contribution >= 0.6 is 0 Å². The maximum atomic E-state index is 12.9. The van der Waals surface area contributed by atoms with Crippen molar-refractivity contribution in [2.75, 3.05) is 26.0 Å². The highest BCUT2D eigenvalue weighted by Gasteiger charge is 2.37. The molecule has 2 amide bonds. The van der Waals surface area contributed by atoms with Crippen LogP contribution in [-0.4, -0.2) is 36.3 Å². The van der Waals surface area contributed by atoms with Crippen molar-refractivity contribution < 1.29 is 26.8 Å². The number of amides is 2. The molecule has 1 heterocycles. The van der Waals surface area contributed by atoms with E-state index in [1.54, 1.807) is 14.1 Å². The second-order valence-corrected chi connectivity index (χ2v) is 7.56. The number of azo groups is 1. The number of likely N-dealkylation sites (N-methyl/N-ethyl adjacent to an activating group) is 1. The van der Waals surface area contributed by atoms with E-state index >= 15 is 0 Å². The maximum absolute atomic E-state index is 12.9. The van der Waals surface area contributed by atoms with Gasteiger partial charge in [-0.15, -0.1) is 5.11 Å². The fourth-order valence-electron chi connectivity index (χ4n) is 3.52. The lowest BCUT2D eigenvalue weighted by Crippen LogP contribution is -3.00. The smallest absolute Gasteiger partial charge is 0.421 e. The molecule has 4 rings (SSSR count). The lowest BCUT2D eigenvalue weighted by Gasteiger charge is -2.34. The lowest BCUT2D eigenvalue weighted by molar-refractivity contribution is -0.841. The molecule has 3 aromatic rings. The van der Waals surface area contributed by atoms with Crippen molar-refractivity contribution in [1.82, 2.24) is 0 Å². The number of para-hydroxylation sites is 1. The number of halogens is 1. The summed E-state index contributed by atoms with van der Waals surface area (Å²) in [6.45, 7) is -0.150. The number of fused-ring (bicyclic) bond motifs is 2. The standard InChI is InChI=1S/C23H22N4O2.ClH/c1-27(2,23(29)24-18-6-4-3-5-7-18)22(15-28)17-10-8-16(9-11-17)20-13-12-19-14-21(20)26-25-19;/h3-14,22,28H,15H2,1-2H3;1H. The largest absolute Gasteiger partial charge is 1.00 e. The van der Waals surface area contributed by atoms with E-state index in [0.29, 0.717) is 0 Å². The van der Waals surface area contributed by atoms with E-state index in [9.17, 15) is 9.90 Å². The summed E-state index contributed by atoms with van der Waals surface area (Å²) in [4.78, 5) is 12.9. The van der Waals surface area contributed by atoms with Crippen LogP contribution in [0.4, 0.5) is 21.9 Å². The first kappa shape index (κ1) is 21.6. The molecule has 0 aliphatic carbocycles. The number of carbonyl (C=O) groups is 1. The summed E-state index contributed by atoms with van der Waals surface area (Å²) in [5.74, 6) is 0. The molecule has 1 atom stereocenters. The number of nitrogens with one attached hydrogen (secondary N) is 1. The number of carbonyl (C=O) groups excluding carboxylic acids is 1. The molecular formula is C23H23ClN4O2. The van der Waals surface area contributed by atoms with Gasteiger partial charge in [0.15, 0.2) is 0 Å². The third-order valence-corrected chi connectivity index (χ3v) is 5.36. The lowest BCUT2D eigenvalue weighted by atomic mass is 9.98. The fourth-order valence-corrected chi connectivity index (χ4v) is 3.52. The van der Waals surface area contributed by atoms with Gasteiger partial charge in [-0.25, -0.2) is 9.28 Å². The predicted octanol–water partition coefficient (Wildman–Crippen LogP) is 2.43. The number of hydrogen-bond donors (Lipinski definition) is 2. The minimum atomic E-state index is -0.398. The van der Waals surface area contributed by atoms with Crippen LogP contribution in [0.3, 0.4) is 0 Å². The van der Waals surface area contributed by atoms with E-state index < -0.39 is 6.04 Å². The van der Waals surface area contributed by atoms with Gasteiger partial charge >= 0.3 is 6.03 Å². The number of anilines is 1. The van der Waals surface area contributed by atoms with Gasteiger partial charge in [0, 0.05) is 16.8 Å². The van der Waals surface area contributed by atoms with Crippen molar-refractivity contribution in [3.63, 3.8) is 0 Å². The first-order chi connectivity index (χ1) is 14.0. The minimum Gasteiger partial charge on any atom is -1.00 e. The third kappa shape index (κ3) is 4.11. The first-order valence-electron chi connectivity index (χ1n) is 9.46. The Labute approximate surface area is 181 Å². The topological polar surface area (TPSA) is 74.0 Å². The minimum absolute atomic E-state index is 0. The van der Waals surface area contributed by atoms with Gasteiger partial charge in [-0.1, -0.05) is 42.5 Å². The highest BCUT2D eigenvalue weighted by atomic mass is 35.5. The number of aliphatic hydroxyl groups is 1. The van der Waals surface area contributed by atoms with E-state index in [2.05, 4.69) is 15.5 Å². The molecule has 0 fully saturated rings. The van der Waals surface area contributed by atoms with E-state index in [-0.39, 0.29) is 29.5 Å². The molecule has 1 aliphatic heterocycles. The second kappa shape index (κ2) is 8.75. The molecule has 1 unspecified atom stereocenters. The number of urea groups is 1. The number of aliphatic hydroxyl groups excluding tert-OH is 1. The summed E-state index contributed by atoms with van der Waals surface area (Å²) in [5.41, 5.74) is 5.37.